The van der Waals surface area contributed by atoms with Crippen molar-refractivity contribution in [3.63, 3.8) is 0 Å². The zero-order valence-electron chi connectivity index (χ0n) is 7.64. The second-order valence-corrected chi connectivity index (χ2v) is 3.67. The SMILES string of the molecule is CC(=S)Nc1cc(C)cc(C)c1. The monoisotopic (exact) mass is 179 g/mol. The minimum Gasteiger partial charge on any atom is -0.350 e. The van der Waals surface area contributed by atoms with Crippen LogP contribution in [0.3, 0.4) is 0 Å². The van der Waals surface area contributed by atoms with Gasteiger partial charge in [-0.05, 0) is 44.0 Å². The Hall–Kier alpha value is -0.890. The Morgan fingerprint density at radius 3 is 2.08 bits per heavy atom. The normalized spacial score (nSPS) is 9.58. The van der Waals surface area contributed by atoms with E-state index in [4.69, 9.17) is 12.2 Å². The van der Waals surface area contributed by atoms with Gasteiger partial charge < -0.3 is 5.32 Å². The number of nitrogens with one attached hydrogen (secondary N) is 1. The maximum absolute atomic E-state index is 4.95. The van der Waals surface area contributed by atoms with E-state index in [1.807, 2.05) is 6.92 Å². The Bertz CT molecular complexity index is 284. The summed E-state index contributed by atoms with van der Waals surface area (Å²) in [6, 6.07) is 6.31. The first kappa shape index (κ1) is 9.20. The van der Waals surface area contributed by atoms with Gasteiger partial charge in [-0.15, -0.1) is 0 Å². The number of hydrogen-bond acceptors (Lipinski definition) is 1. The molecule has 0 amide bonds. The molecule has 0 heterocycles. The predicted molar refractivity (Wildman–Crippen MR) is 57.8 cm³/mol. The Balaban J connectivity index is 2.93. The smallest absolute Gasteiger partial charge is 0.0765 e. The molecule has 0 bridgehead atoms. The highest BCUT2D eigenvalue weighted by Gasteiger charge is 1.94. The van der Waals surface area contributed by atoms with Gasteiger partial charge in [-0.25, -0.2) is 0 Å². The molecule has 0 aliphatic carbocycles. The van der Waals surface area contributed by atoms with Crippen LogP contribution in [-0.4, -0.2) is 4.99 Å². The summed E-state index contributed by atoms with van der Waals surface area (Å²) < 4.78 is 0. The summed E-state index contributed by atoms with van der Waals surface area (Å²) >= 11 is 4.95. The van der Waals surface area contributed by atoms with E-state index < -0.39 is 0 Å². The van der Waals surface area contributed by atoms with Crippen LogP contribution in [0.5, 0.6) is 0 Å². The van der Waals surface area contributed by atoms with E-state index in [1.165, 1.54) is 11.1 Å². The van der Waals surface area contributed by atoms with Crippen LogP contribution in [0.1, 0.15) is 18.1 Å². The Morgan fingerprint density at radius 2 is 1.67 bits per heavy atom. The van der Waals surface area contributed by atoms with Crippen LogP contribution in [0.4, 0.5) is 5.69 Å². The summed E-state index contributed by atoms with van der Waals surface area (Å²) in [6.07, 6.45) is 0. The van der Waals surface area contributed by atoms with Gasteiger partial charge in [-0.1, -0.05) is 18.3 Å². The van der Waals surface area contributed by atoms with Crippen LogP contribution in [-0.2, 0) is 0 Å². The molecule has 64 valence electrons. The van der Waals surface area contributed by atoms with E-state index in [9.17, 15) is 0 Å². The van der Waals surface area contributed by atoms with E-state index in [0.29, 0.717) is 0 Å². The van der Waals surface area contributed by atoms with Gasteiger partial charge in [-0.3, -0.25) is 0 Å². The first-order chi connectivity index (χ1) is 5.58. The van der Waals surface area contributed by atoms with Gasteiger partial charge in [0.05, 0.1) is 4.99 Å². The van der Waals surface area contributed by atoms with Crippen LogP contribution in [0.2, 0.25) is 0 Å². The first-order valence-electron chi connectivity index (χ1n) is 3.94. The molecule has 0 aromatic heterocycles. The van der Waals surface area contributed by atoms with Crippen molar-refractivity contribution in [2.75, 3.05) is 5.32 Å². The molecule has 0 aliphatic rings. The number of anilines is 1. The van der Waals surface area contributed by atoms with Crippen molar-refractivity contribution in [3.8, 4) is 0 Å². The number of hydrogen-bond donors (Lipinski definition) is 1. The van der Waals surface area contributed by atoms with Gasteiger partial charge in [0.2, 0.25) is 0 Å². The number of thiocarbonyl (C=S) groups is 1. The Labute approximate surface area is 78.8 Å². The molecule has 0 saturated carbocycles. The summed E-state index contributed by atoms with van der Waals surface area (Å²) in [5, 5.41) is 3.12. The highest BCUT2D eigenvalue weighted by Crippen LogP contribution is 2.13. The molecule has 0 saturated heterocycles. The fourth-order valence-electron chi connectivity index (χ4n) is 1.25. The maximum Gasteiger partial charge on any atom is 0.0765 e. The molecular formula is C10H13NS. The second-order valence-electron chi connectivity index (χ2n) is 3.06. The Kier molecular flexibility index (Phi) is 2.82. The number of aryl methyl sites for hydroxylation is 2. The van der Waals surface area contributed by atoms with Gasteiger partial charge in [0, 0.05) is 5.69 Å². The molecule has 12 heavy (non-hydrogen) atoms. The second kappa shape index (κ2) is 3.68. The van der Waals surface area contributed by atoms with Crippen LogP contribution in [0.15, 0.2) is 18.2 Å². The van der Waals surface area contributed by atoms with Gasteiger partial charge in [0.1, 0.15) is 0 Å². The predicted octanol–water partition coefficient (Wildman–Crippen LogP) is 3.06. The molecule has 1 rings (SSSR count). The third-order valence-electron chi connectivity index (χ3n) is 1.54. The molecule has 2 heteroatoms. The molecule has 1 nitrogen and oxygen atoms in total. The zero-order valence-corrected chi connectivity index (χ0v) is 8.46. The quantitative estimate of drug-likeness (QED) is 0.665. The third-order valence-corrected chi connectivity index (χ3v) is 1.64. The summed E-state index contributed by atoms with van der Waals surface area (Å²) in [7, 11) is 0. The molecular weight excluding hydrogens is 166 g/mol. The molecule has 0 aliphatic heterocycles. The molecule has 0 spiro atoms. The van der Waals surface area contributed by atoms with Crippen LogP contribution in [0, 0.1) is 13.8 Å². The lowest BCUT2D eigenvalue weighted by atomic mass is 10.1. The van der Waals surface area contributed by atoms with E-state index >= 15 is 0 Å². The summed E-state index contributed by atoms with van der Waals surface area (Å²) in [5.41, 5.74) is 3.60. The molecule has 1 aromatic carbocycles. The lowest BCUT2D eigenvalue weighted by molar-refractivity contribution is 1.38. The molecule has 1 N–H and O–H groups in total. The summed E-state index contributed by atoms with van der Waals surface area (Å²) in [5.74, 6) is 0. The van der Waals surface area contributed by atoms with Crippen molar-refractivity contribution in [1.29, 1.82) is 0 Å². The van der Waals surface area contributed by atoms with Crippen molar-refractivity contribution in [2.24, 2.45) is 0 Å². The van der Waals surface area contributed by atoms with Crippen molar-refractivity contribution in [1.82, 2.24) is 0 Å². The molecule has 1 aromatic rings. The van der Waals surface area contributed by atoms with Gasteiger partial charge >= 0.3 is 0 Å². The minimum atomic E-state index is 0.806. The molecule has 0 atom stereocenters. The fourth-order valence-corrected chi connectivity index (χ4v) is 1.37. The lowest BCUT2D eigenvalue weighted by Gasteiger charge is -2.05. The largest absolute Gasteiger partial charge is 0.350 e. The van der Waals surface area contributed by atoms with Gasteiger partial charge in [0.25, 0.3) is 0 Å². The van der Waals surface area contributed by atoms with Crippen LogP contribution >= 0.6 is 12.2 Å². The fraction of sp³-hybridized carbons (Fsp3) is 0.300. The summed E-state index contributed by atoms with van der Waals surface area (Å²) in [6.45, 7) is 6.04. The highest BCUT2D eigenvalue weighted by atomic mass is 32.1. The molecule has 0 radical (unpaired) electrons. The average Bonchev–Trinajstić information content (AvgIpc) is 1.81. The lowest BCUT2D eigenvalue weighted by Crippen LogP contribution is -2.03. The Morgan fingerprint density at radius 1 is 1.17 bits per heavy atom. The van der Waals surface area contributed by atoms with E-state index in [-0.39, 0.29) is 0 Å². The van der Waals surface area contributed by atoms with E-state index in [0.717, 1.165) is 10.7 Å². The van der Waals surface area contributed by atoms with E-state index in [2.05, 4.69) is 37.4 Å². The van der Waals surface area contributed by atoms with Gasteiger partial charge in [-0.2, -0.15) is 0 Å². The van der Waals surface area contributed by atoms with Crippen molar-refractivity contribution in [3.05, 3.63) is 29.3 Å². The molecule has 0 unspecified atom stereocenters. The third kappa shape index (κ3) is 2.62. The zero-order chi connectivity index (χ0) is 9.14. The average molecular weight is 179 g/mol. The van der Waals surface area contributed by atoms with Crippen molar-refractivity contribution >= 4 is 22.9 Å². The topological polar surface area (TPSA) is 12.0 Å². The maximum atomic E-state index is 4.95. The number of rotatable bonds is 1. The van der Waals surface area contributed by atoms with Crippen LogP contribution in [0.25, 0.3) is 0 Å². The highest BCUT2D eigenvalue weighted by molar-refractivity contribution is 7.80. The van der Waals surface area contributed by atoms with Gasteiger partial charge in [0.15, 0.2) is 0 Å². The summed E-state index contributed by atoms with van der Waals surface area (Å²) in [4.78, 5) is 0.806. The minimum absolute atomic E-state index is 0.806. The molecule has 0 fully saturated rings. The van der Waals surface area contributed by atoms with Crippen LogP contribution < -0.4 is 5.32 Å². The standard InChI is InChI=1S/C10H13NS/c1-7-4-8(2)6-10(5-7)11-9(3)12/h4-6H,1-3H3,(H,11,12). The van der Waals surface area contributed by atoms with Crippen molar-refractivity contribution < 1.29 is 0 Å². The first-order valence-corrected chi connectivity index (χ1v) is 4.34. The number of benzene rings is 1. The van der Waals surface area contributed by atoms with Crippen molar-refractivity contribution in [2.45, 2.75) is 20.8 Å². The van der Waals surface area contributed by atoms with E-state index in [1.54, 1.807) is 0 Å².